The highest BCUT2D eigenvalue weighted by molar-refractivity contribution is 7.61. The van der Waals surface area contributed by atoms with Gasteiger partial charge >= 0.3 is 10.5 Å². The number of phenolic OH excluding ortho intramolecular Hbond substituents is 1. The molecule has 1 amide bonds. The molecule has 0 saturated heterocycles. The highest BCUT2D eigenvalue weighted by atomic mass is 35.5. The highest BCUT2D eigenvalue weighted by Crippen LogP contribution is 2.41. The largest absolute Gasteiger partial charge is 0.505 e. The van der Waals surface area contributed by atoms with Crippen LogP contribution in [0.15, 0.2) is 75.3 Å². The smallest absolute Gasteiger partial charge is 0.316 e. The summed E-state index contributed by atoms with van der Waals surface area (Å²) in [6, 6.07) is 15.3. The van der Waals surface area contributed by atoms with Crippen LogP contribution in [-0.4, -0.2) is 39.9 Å². The highest BCUT2D eigenvalue weighted by Gasteiger charge is 2.20. The third kappa shape index (κ3) is 5.87. The number of azo groups is 1. The van der Waals surface area contributed by atoms with E-state index in [1.165, 1.54) is 50.6 Å². The fourth-order valence-electron chi connectivity index (χ4n) is 3.72. The molecule has 4 aromatic rings. The summed E-state index contributed by atoms with van der Waals surface area (Å²) in [5, 5.41) is 23.2. The van der Waals surface area contributed by atoms with Crippen LogP contribution >= 0.6 is 11.6 Å². The average Bonchev–Trinajstić information content (AvgIpc) is 2.92. The summed E-state index contributed by atoms with van der Waals surface area (Å²) in [6.07, 6.45) is 0.532. The molecule has 0 aliphatic heterocycles. The number of rotatable bonds is 8. The second-order valence-electron chi connectivity index (χ2n) is 7.85. The summed E-state index contributed by atoms with van der Waals surface area (Å²) in [5.41, 5.74) is 0.261. The summed E-state index contributed by atoms with van der Waals surface area (Å²) in [4.78, 5) is 24.9. The van der Waals surface area contributed by atoms with Crippen molar-refractivity contribution in [3.05, 3.63) is 76.8 Å². The molecule has 0 aliphatic rings. The van der Waals surface area contributed by atoms with Gasteiger partial charge < -0.3 is 19.9 Å². The number of hydrogen-bond acceptors (Lipinski definition) is 10. The molecule has 0 spiro atoms. The van der Waals surface area contributed by atoms with Crippen LogP contribution in [0.4, 0.5) is 22.7 Å². The van der Waals surface area contributed by atoms with Gasteiger partial charge in [0.2, 0.25) is 0 Å². The van der Waals surface area contributed by atoms with Crippen molar-refractivity contribution in [3.8, 4) is 17.2 Å². The van der Waals surface area contributed by atoms with Gasteiger partial charge in [-0.05, 0) is 41.8 Å². The Kier molecular flexibility index (Phi) is 8.18. The quantitative estimate of drug-likeness (QED) is 0.185. The van der Waals surface area contributed by atoms with Crippen molar-refractivity contribution >= 4 is 67.8 Å². The molecule has 0 saturated carbocycles. The molecule has 0 bridgehead atoms. The first-order valence-electron chi connectivity index (χ1n) is 11.0. The van der Waals surface area contributed by atoms with Crippen LogP contribution in [0.5, 0.6) is 17.2 Å². The number of methoxy groups -OCH3 is 2. The second kappa shape index (κ2) is 11.7. The molecule has 0 aliphatic carbocycles. The SMILES string of the molecule is COc1cc(C=O)c(NC(=O)c2cc3ccccc3c(N=Nc3cc(N=S(=O)=O)ccc3OC)c2O)cc1Cl. The van der Waals surface area contributed by atoms with E-state index in [0.29, 0.717) is 17.1 Å². The number of nitrogens with zero attached hydrogens (tertiary/aromatic N) is 3. The van der Waals surface area contributed by atoms with Crippen molar-refractivity contribution in [1.29, 1.82) is 0 Å². The third-order valence-corrected chi connectivity index (χ3v) is 6.19. The predicted octanol–water partition coefficient (Wildman–Crippen LogP) is 6.39. The normalized spacial score (nSPS) is 10.8. The number of anilines is 1. The van der Waals surface area contributed by atoms with Gasteiger partial charge in [0.25, 0.3) is 5.91 Å². The first kappa shape index (κ1) is 27.2. The van der Waals surface area contributed by atoms with E-state index >= 15 is 0 Å². The molecule has 4 rings (SSSR count). The van der Waals surface area contributed by atoms with Gasteiger partial charge in [0, 0.05) is 10.9 Å². The number of ether oxygens (including phenoxy) is 2. The van der Waals surface area contributed by atoms with E-state index in [1.807, 2.05) is 0 Å². The van der Waals surface area contributed by atoms with E-state index in [1.54, 1.807) is 24.3 Å². The Bertz CT molecular complexity index is 1780. The predicted molar refractivity (Wildman–Crippen MR) is 145 cm³/mol. The minimum atomic E-state index is -2.69. The standard InChI is InChI=1S/C26H19ClN4O7S/c1-37-22-8-7-16(31-39(35)36)11-21(22)29-30-24-17-6-4-3-5-14(17)9-18(25(24)33)26(34)28-20-12-19(27)23(38-2)10-15(20)13-32/h3-13,33H,1-2H3,(H,28,34). The van der Waals surface area contributed by atoms with Crippen LogP contribution in [0.1, 0.15) is 20.7 Å². The third-order valence-electron chi connectivity index (χ3n) is 5.54. The van der Waals surface area contributed by atoms with Gasteiger partial charge in [0.05, 0.1) is 36.2 Å². The van der Waals surface area contributed by atoms with E-state index in [-0.39, 0.29) is 50.4 Å². The molecule has 198 valence electrons. The average molecular weight is 567 g/mol. The van der Waals surface area contributed by atoms with Gasteiger partial charge in [-0.1, -0.05) is 35.9 Å². The maximum Gasteiger partial charge on any atom is 0.316 e. The zero-order valence-corrected chi connectivity index (χ0v) is 21.9. The lowest BCUT2D eigenvalue weighted by atomic mass is 10.0. The lowest BCUT2D eigenvalue weighted by Crippen LogP contribution is -2.14. The number of amides is 1. The number of hydrogen-bond donors (Lipinski definition) is 2. The fourth-order valence-corrected chi connectivity index (χ4v) is 4.24. The molecule has 0 fully saturated rings. The van der Waals surface area contributed by atoms with E-state index in [2.05, 4.69) is 19.9 Å². The minimum absolute atomic E-state index is 0.0292. The number of carbonyl (C=O) groups is 2. The Hall–Kier alpha value is -4.81. The van der Waals surface area contributed by atoms with Crippen molar-refractivity contribution < 1.29 is 32.6 Å². The Morgan fingerprint density at radius 3 is 2.44 bits per heavy atom. The summed E-state index contributed by atoms with van der Waals surface area (Å²) in [5.74, 6) is -0.704. The summed E-state index contributed by atoms with van der Waals surface area (Å²) in [6.45, 7) is 0. The van der Waals surface area contributed by atoms with E-state index < -0.39 is 22.2 Å². The molecule has 0 aromatic heterocycles. The molecule has 4 aromatic carbocycles. The van der Waals surface area contributed by atoms with Gasteiger partial charge in [-0.15, -0.1) is 14.6 Å². The number of aromatic hydroxyl groups is 1. The summed E-state index contributed by atoms with van der Waals surface area (Å²) < 4.78 is 35.8. The van der Waals surface area contributed by atoms with Crippen LogP contribution in [0.25, 0.3) is 10.8 Å². The number of benzene rings is 4. The second-order valence-corrected chi connectivity index (χ2v) is 8.88. The van der Waals surface area contributed by atoms with Crippen molar-refractivity contribution in [2.75, 3.05) is 19.5 Å². The van der Waals surface area contributed by atoms with E-state index in [0.717, 1.165) is 0 Å². The van der Waals surface area contributed by atoms with Gasteiger partial charge in [-0.25, -0.2) is 0 Å². The molecular weight excluding hydrogens is 548 g/mol. The van der Waals surface area contributed by atoms with Crippen LogP contribution < -0.4 is 14.8 Å². The number of carbonyl (C=O) groups excluding carboxylic acids is 2. The number of phenols is 1. The van der Waals surface area contributed by atoms with Gasteiger partial charge in [-0.2, -0.15) is 8.42 Å². The zero-order valence-electron chi connectivity index (χ0n) is 20.4. The van der Waals surface area contributed by atoms with Crippen LogP contribution in [0.3, 0.4) is 0 Å². The molecule has 2 N–H and O–H groups in total. The van der Waals surface area contributed by atoms with Gasteiger partial charge in [-0.3, -0.25) is 9.59 Å². The lowest BCUT2D eigenvalue weighted by molar-refractivity contribution is 0.102. The number of fused-ring (bicyclic) bond motifs is 1. The Labute approximate surface area is 228 Å². The van der Waals surface area contributed by atoms with E-state index in [4.69, 9.17) is 21.1 Å². The molecular formula is C26H19ClN4O7S. The Morgan fingerprint density at radius 1 is 1.00 bits per heavy atom. The molecule has 0 heterocycles. The van der Waals surface area contributed by atoms with Crippen molar-refractivity contribution in [2.24, 2.45) is 14.6 Å². The first-order valence-corrected chi connectivity index (χ1v) is 12.5. The van der Waals surface area contributed by atoms with Gasteiger partial charge in [0.1, 0.15) is 22.9 Å². The van der Waals surface area contributed by atoms with Crippen molar-refractivity contribution in [3.63, 3.8) is 0 Å². The Morgan fingerprint density at radius 2 is 1.74 bits per heavy atom. The number of nitrogens with one attached hydrogen (secondary N) is 1. The summed E-state index contributed by atoms with van der Waals surface area (Å²) in [7, 11) is 0.101. The van der Waals surface area contributed by atoms with Crippen molar-refractivity contribution in [1.82, 2.24) is 0 Å². The molecule has 0 unspecified atom stereocenters. The van der Waals surface area contributed by atoms with Gasteiger partial charge in [0.15, 0.2) is 12.0 Å². The first-order chi connectivity index (χ1) is 18.7. The van der Waals surface area contributed by atoms with Crippen LogP contribution in [0, 0.1) is 0 Å². The Balaban J connectivity index is 1.81. The van der Waals surface area contributed by atoms with Crippen molar-refractivity contribution in [2.45, 2.75) is 0 Å². The molecule has 13 heteroatoms. The summed E-state index contributed by atoms with van der Waals surface area (Å²) >= 11 is 6.17. The fraction of sp³-hybridized carbons (Fsp3) is 0.0769. The molecule has 39 heavy (non-hydrogen) atoms. The van der Waals surface area contributed by atoms with Crippen LogP contribution in [0.2, 0.25) is 5.02 Å². The maximum absolute atomic E-state index is 13.3. The topological polar surface area (TPSA) is 156 Å². The molecule has 11 nitrogen and oxygen atoms in total. The van der Waals surface area contributed by atoms with Crippen LogP contribution in [-0.2, 0) is 10.5 Å². The minimum Gasteiger partial charge on any atom is -0.505 e. The van der Waals surface area contributed by atoms with E-state index in [9.17, 15) is 23.1 Å². The lowest BCUT2D eigenvalue weighted by Gasteiger charge is -2.13. The zero-order chi connectivity index (χ0) is 28.1. The molecule has 0 atom stereocenters. The number of aldehydes is 1. The number of halogens is 1. The monoisotopic (exact) mass is 566 g/mol. The maximum atomic E-state index is 13.3. The molecule has 0 radical (unpaired) electrons.